The molecular formula is C22H25N3O2. The predicted molar refractivity (Wildman–Crippen MR) is 104 cm³/mol. The smallest absolute Gasteiger partial charge is 0.167 e. The van der Waals surface area contributed by atoms with Gasteiger partial charge in [0.2, 0.25) is 0 Å². The zero-order chi connectivity index (χ0) is 18.5. The Bertz CT molecular complexity index is 846. The minimum atomic E-state index is 0.269. The average molecular weight is 363 g/mol. The van der Waals surface area contributed by atoms with Crippen molar-refractivity contribution in [3.05, 3.63) is 66.1 Å². The van der Waals surface area contributed by atoms with Gasteiger partial charge in [-0.25, -0.2) is 0 Å². The van der Waals surface area contributed by atoms with Crippen molar-refractivity contribution >= 4 is 0 Å². The summed E-state index contributed by atoms with van der Waals surface area (Å²) >= 11 is 0. The number of ether oxygens (including phenoxy) is 1. The maximum atomic E-state index is 5.68. The molecule has 0 spiro atoms. The summed E-state index contributed by atoms with van der Waals surface area (Å²) in [5, 5.41) is 4.42. The van der Waals surface area contributed by atoms with E-state index >= 15 is 0 Å². The van der Waals surface area contributed by atoms with Crippen molar-refractivity contribution in [2.45, 2.75) is 38.3 Å². The largest absolute Gasteiger partial charge is 0.497 e. The van der Waals surface area contributed by atoms with E-state index in [-0.39, 0.29) is 6.04 Å². The molecule has 1 saturated heterocycles. The van der Waals surface area contributed by atoms with E-state index in [2.05, 4.69) is 27.2 Å². The van der Waals surface area contributed by atoms with Crippen molar-refractivity contribution < 1.29 is 9.26 Å². The molecule has 0 saturated carbocycles. The van der Waals surface area contributed by atoms with E-state index in [0.717, 1.165) is 48.0 Å². The lowest BCUT2D eigenvalue weighted by atomic mass is 10.0. The molecule has 4 rings (SSSR count). The minimum Gasteiger partial charge on any atom is -0.497 e. The first kappa shape index (κ1) is 17.7. The summed E-state index contributed by atoms with van der Waals surface area (Å²) in [4.78, 5) is 6.99. The summed E-state index contributed by atoms with van der Waals surface area (Å²) in [6, 6.07) is 16.3. The third-order valence-corrected chi connectivity index (χ3v) is 5.20. The maximum absolute atomic E-state index is 5.68. The maximum Gasteiger partial charge on any atom is 0.167 e. The summed E-state index contributed by atoms with van der Waals surface area (Å²) in [6.07, 6.45) is 6.65. The Labute approximate surface area is 160 Å². The summed E-state index contributed by atoms with van der Waals surface area (Å²) in [5.41, 5.74) is 3.13. The molecule has 0 N–H and O–H groups in total. The van der Waals surface area contributed by atoms with E-state index in [1.807, 2.05) is 42.6 Å². The first-order valence-electron chi connectivity index (χ1n) is 9.58. The molecule has 1 aliphatic heterocycles. The highest BCUT2D eigenvalue weighted by Crippen LogP contribution is 2.33. The summed E-state index contributed by atoms with van der Waals surface area (Å²) in [5.74, 6) is 1.64. The highest BCUT2D eigenvalue weighted by molar-refractivity contribution is 5.58. The van der Waals surface area contributed by atoms with Crippen LogP contribution in [0, 0.1) is 0 Å². The zero-order valence-electron chi connectivity index (χ0n) is 15.7. The number of pyridine rings is 1. The molecule has 0 amide bonds. The average Bonchev–Trinajstić information content (AvgIpc) is 3.10. The highest BCUT2D eigenvalue weighted by atomic mass is 16.5. The van der Waals surface area contributed by atoms with Gasteiger partial charge in [0, 0.05) is 24.4 Å². The molecule has 27 heavy (non-hydrogen) atoms. The van der Waals surface area contributed by atoms with Crippen LogP contribution in [-0.2, 0) is 6.54 Å². The van der Waals surface area contributed by atoms with Gasteiger partial charge in [0.1, 0.15) is 11.4 Å². The SMILES string of the molecule is COc1ccc(-c2cc(C3CCCCCN3Cc3ccccn3)no2)cc1. The van der Waals surface area contributed by atoms with Crippen LogP contribution in [0.4, 0.5) is 0 Å². The van der Waals surface area contributed by atoms with E-state index in [0.29, 0.717) is 0 Å². The normalized spacial score (nSPS) is 18.2. The number of benzene rings is 1. The molecule has 0 bridgehead atoms. The third kappa shape index (κ3) is 4.19. The topological polar surface area (TPSA) is 51.4 Å². The number of likely N-dealkylation sites (tertiary alicyclic amines) is 1. The Hall–Kier alpha value is -2.66. The van der Waals surface area contributed by atoms with Gasteiger partial charge >= 0.3 is 0 Å². The fraction of sp³-hybridized carbons (Fsp3) is 0.364. The molecule has 0 aliphatic carbocycles. The van der Waals surface area contributed by atoms with Gasteiger partial charge in [-0.3, -0.25) is 9.88 Å². The molecule has 1 atom stereocenters. The number of methoxy groups -OCH3 is 1. The van der Waals surface area contributed by atoms with Gasteiger partial charge in [-0.15, -0.1) is 0 Å². The lowest BCUT2D eigenvalue weighted by Gasteiger charge is -2.27. The first-order chi connectivity index (χ1) is 13.3. The van der Waals surface area contributed by atoms with Gasteiger partial charge in [-0.2, -0.15) is 0 Å². The van der Waals surface area contributed by atoms with Crippen LogP contribution in [0.25, 0.3) is 11.3 Å². The quantitative estimate of drug-likeness (QED) is 0.648. The predicted octanol–water partition coefficient (Wildman–Crippen LogP) is 4.86. The number of hydrogen-bond acceptors (Lipinski definition) is 5. The van der Waals surface area contributed by atoms with E-state index in [1.165, 1.54) is 19.3 Å². The van der Waals surface area contributed by atoms with E-state index < -0.39 is 0 Å². The zero-order valence-corrected chi connectivity index (χ0v) is 15.7. The molecule has 3 heterocycles. The van der Waals surface area contributed by atoms with Crippen LogP contribution in [-0.4, -0.2) is 28.7 Å². The fourth-order valence-electron chi connectivity index (χ4n) is 3.73. The van der Waals surface area contributed by atoms with Gasteiger partial charge in [0.25, 0.3) is 0 Å². The van der Waals surface area contributed by atoms with Crippen molar-refractivity contribution in [3.63, 3.8) is 0 Å². The minimum absolute atomic E-state index is 0.269. The van der Waals surface area contributed by atoms with Crippen molar-refractivity contribution in [1.82, 2.24) is 15.0 Å². The monoisotopic (exact) mass is 363 g/mol. The van der Waals surface area contributed by atoms with Crippen LogP contribution in [0.2, 0.25) is 0 Å². The standard InChI is InChI=1S/C22H25N3O2/c1-26-19-11-9-17(10-12-19)22-15-20(24-27-22)21-8-3-2-6-14-25(21)16-18-7-4-5-13-23-18/h4-5,7,9-13,15,21H,2-3,6,8,14,16H2,1H3. The highest BCUT2D eigenvalue weighted by Gasteiger charge is 2.26. The van der Waals surface area contributed by atoms with Gasteiger partial charge in [0.05, 0.1) is 18.8 Å². The second-order valence-corrected chi connectivity index (χ2v) is 7.00. The van der Waals surface area contributed by atoms with Crippen LogP contribution in [0.15, 0.2) is 59.3 Å². The lowest BCUT2D eigenvalue weighted by molar-refractivity contribution is 0.182. The Morgan fingerprint density at radius 3 is 2.78 bits per heavy atom. The Balaban J connectivity index is 1.56. The number of aromatic nitrogens is 2. The second-order valence-electron chi connectivity index (χ2n) is 7.00. The molecule has 2 aromatic heterocycles. The van der Waals surface area contributed by atoms with Crippen LogP contribution >= 0.6 is 0 Å². The summed E-state index contributed by atoms with van der Waals surface area (Å²) in [6.45, 7) is 1.90. The van der Waals surface area contributed by atoms with E-state index in [1.54, 1.807) is 7.11 Å². The third-order valence-electron chi connectivity index (χ3n) is 5.20. The molecule has 3 aromatic rings. The number of rotatable bonds is 5. The fourth-order valence-corrected chi connectivity index (χ4v) is 3.73. The molecule has 140 valence electrons. The molecule has 1 unspecified atom stereocenters. The molecule has 5 nitrogen and oxygen atoms in total. The second kappa shape index (κ2) is 8.35. The molecule has 5 heteroatoms. The van der Waals surface area contributed by atoms with E-state index in [4.69, 9.17) is 9.26 Å². The van der Waals surface area contributed by atoms with Crippen LogP contribution < -0.4 is 4.74 Å². The Morgan fingerprint density at radius 1 is 1.11 bits per heavy atom. The van der Waals surface area contributed by atoms with Crippen LogP contribution in [0.1, 0.15) is 43.1 Å². The van der Waals surface area contributed by atoms with Gasteiger partial charge < -0.3 is 9.26 Å². The van der Waals surface area contributed by atoms with Gasteiger partial charge in [-0.1, -0.05) is 24.1 Å². The van der Waals surface area contributed by atoms with E-state index in [9.17, 15) is 0 Å². The lowest BCUT2D eigenvalue weighted by Crippen LogP contribution is -2.28. The summed E-state index contributed by atoms with van der Waals surface area (Å²) in [7, 11) is 1.67. The van der Waals surface area contributed by atoms with Gasteiger partial charge in [-0.05, 0) is 55.8 Å². The van der Waals surface area contributed by atoms with Crippen molar-refractivity contribution in [1.29, 1.82) is 0 Å². The van der Waals surface area contributed by atoms with Crippen LogP contribution in [0.3, 0.4) is 0 Å². The Morgan fingerprint density at radius 2 is 2.00 bits per heavy atom. The van der Waals surface area contributed by atoms with Crippen LogP contribution in [0.5, 0.6) is 5.75 Å². The molecule has 1 fully saturated rings. The molecule has 0 radical (unpaired) electrons. The number of nitrogens with zero attached hydrogens (tertiary/aromatic N) is 3. The molecule has 1 aliphatic rings. The first-order valence-corrected chi connectivity index (χ1v) is 9.58. The summed E-state index contributed by atoms with van der Waals surface area (Å²) < 4.78 is 10.9. The molecular weight excluding hydrogens is 338 g/mol. The van der Waals surface area contributed by atoms with Crippen molar-refractivity contribution in [2.24, 2.45) is 0 Å². The molecule has 1 aromatic carbocycles. The van der Waals surface area contributed by atoms with Crippen molar-refractivity contribution in [2.75, 3.05) is 13.7 Å². The van der Waals surface area contributed by atoms with Crippen molar-refractivity contribution in [3.8, 4) is 17.1 Å². The Kier molecular flexibility index (Phi) is 5.49. The number of hydrogen-bond donors (Lipinski definition) is 0. The van der Waals surface area contributed by atoms with Gasteiger partial charge in [0.15, 0.2) is 5.76 Å².